The van der Waals surface area contributed by atoms with E-state index in [4.69, 9.17) is 5.73 Å². The molecule has 0 saturated carbocycles. The number of nitrogens with two attached hydrogens (primary N) is 1. The van der Waals surface area contributed by atoms with Crippen LogP contribution in [0.5, 0.6) is 0 Å². The van der Waals surface area contributed by atoms with Gasteiger partial charge < -0.3 is 10.3 Å². The summed E-state index contributed by atoms with van der Waals surface area (Å²) in [4.78, 5) is 3.81. The maximum absolute atomic E-state index is 12.9. The normalized spacial score (nSPS) is 12.7. The second kappa shape index (κ2) is 4.45. The number of nitrogens with zero attached hydrogens (tertiary/aromatic N) is 2. The summed E-state index contributed by atoms with van der Waals surface area (Å²) in [5, 5.41) is 0. The molecular weight excluding hydrogens is 205 g/mol. The molecule has 2 aromatic heterocycles. The topological polar surface area (TPSA) is 43.8 Å². The molecule has 1 unspecified atom stereocenters. The number of halogens is 1. The first-order chi connectivity index (χ1) is 7.65. The molecule has 0 radical (unpaired) electrons. The second-order valence-electron chi connectivity index (χ2n) is 3.92. The zero-order valence-corrected chi connectivity index (χ0v) is 9.10. The van der Waals surface area contributed by atoms with E-state index in [0.717, 1.165) is 11.1 Å². The molecule has 0 aromatic carbocycles. The molecule has 0 aliphatic heterocycles. The number of aromatic nitrogens is 2. The molecule has 84 valence electrons. The summed E-state index contributed by atoms with van der Waals surface area (Å²) in [5.74, 6) is -0.308. The highest BCUT2D eigenvalue weighted by Gasteiger charge is 2.02. The van der Waals surface area contributed by atoms with Crippen LogP contribution in [0.1, 0.15) is 24.1 Å². The Kier molecular flexibility index (Phi) is 3.01. The molecule has 16 heavy (non-hydrogen) atoms. The molecule has 1 atom stereocenters. The van der Waals surface area contributed by atoms with E-state index in [2.05, 4.69) is 4.98 Å². The van der Waals surface area contributed by atoms with Gasteiger partial charge in [0, 0.05) is 31.2 Å². The van der Waals surface area contributed by atoms with Gasteiger partial charge in [0.1, 0.15) is 5.82 Å². The first kappa shape index (κ1) is 10.8. The summed E-state index contributed by atoms with van der Waals surface area (Å²) in [7, 11) is 0. The van der Waals surface area contributed by atoms with Gasteiger partial charge in [-0.25, -0.2) is 4.39 Å². The van der Waals surface area contributed by atoms with Gasteiger partial charge in [-0.05, 0) is 30.2 Å². The lowest BCUT2D eigenvalue weighted by Crippen LogP contribution is -2.04. The zero-order valence-electron chi connectivity index (χ0n) is 9.10. The molecule has 0 spiro atoms. The van der Waals surface area contributed by atoms with Crippen LogP contribution in [0.15, 0.2) is 36.9 Å². The summed E-state index contributed by atoms with van der Waals surface area (Å²) in [5.41, 5.74) is 7.67. The van der Waals surface area contributed by atoms with E-state index in [-0.39, 0.29) is 11.9 Å². The predicted octanol–water partition coefficient (Wildman–Crippen LogP) is 2.09. The van der Waals surface area contributed by atoms with Gasteiger partial charge >= 0.3 is 0 Å². The van der Waals surface area contributed by atoms with Crippen molar-refractivity contribution in [1.82, 2.24) is 9.55 Å². The van der Waals surface area contributed by atoms with Crippen LogP contribution in [0, 0.1) is 5.82 Å². The van der Waals surface area contributed by atoms with Crippen LogP contribution in [0.2, 0.25) is 0 Å². The molecule has 2 aromatic rings. The van der Waals surface area contributed by atoms with E-state index in [1.165, 1.54) is 12.3 Å². The number of hydrogen-bond acceptors (Lipinski definition) is 2. The molecule has 2 heterocycles. The fourth-order valence-corrected chi connectivity index (χ4v) is 1.58. The van der Waals surface area contributed by atoms with Gasteiger partial charge in [0.05, 0.1) is 6.20 Å². The van der Waals surface area contributed by atoms with Gasteiger partial charge in [0.15, 0.2) is 0 Å². The lowest BCUT2D eigenvalue weighted by molar-refractivity contribution is 0.616. The Morgan fingerprint density at radius 2 is 2.31 bits per heavy atom. The third kappa shape index (κ3) is 2.46. The molecule has 2 N–H and O–H groups in total. The Labute approximate surface area is 93.7 Å². The van der Waals surface area contributed by atoms with Gasteiger partial charge in [0.25, 0.3) is 0 Å². The van der Waals surface area contributed by atoms with E-state index >= 15 is 0 Å². The number of pyridine rings is 1. The van der Waals surface area contributed by atoms with Crippen LogP contribution in [0.3, 0.4) is 0 Å². The van der Waals surface area contributed by atoms with Crippen LogP contribution in [0.4, 0.5) is 4.39 Å². The van der Waals surface area contributed by atoms with Gasteiger partial charge in [-0.3, -0.25) is 4.98 Å². The average Bonchev–Trinajstić information content (AvgIpc) is 2.66. The van der Waals surface area contributed by atoms with Crippen molar-refractivity contribution < 1.29 is 4.39 Å². The number of hydrogen-bond donors (Lipinski definition) is 1. The first-order valence-electron chi connectivity index (χ1n) is 5.16. The molecule has 2 rings (SSSR count). The zero-order chi connectivity index (χ0) is 11.5. The minimum atomic E-state index is -0.308. The van der Waals surface area contributed by atoms with Crippen molar-refractivity contribution in [2.24, 2.45) is 5.73 Å². The third-order valence-corrected chi connectivity index (χ3v) is 2.43. The quantitative estimate of drug-likeness (QED) is 0.859. The first-order valence-corrected chi connectivity index (χ1v) is 5.16. The fraction of sp³-hybridized carbons (Fsp3) is 0.250. The van der Waals surface area contributed by atoms with E-state index in [1.54, 1.807) is 6.20 Å². The third-order valence-electron chi connectivity index (χ3n) is 2.43. The standard InChI is InChI=1S/C12H14FN3/c1-9(14)11-2-3-16(8-11)7-10-4-12(13)6-15-5-10/h2-6,8-9H,7,14H2,1H3. The Hall–Kier alpha value is -1.68. The fourth-order valence-electron chi connectivity index (χ4n) is 1.58. The molecule has 0 bridgehead atoms. The van der Waals surface area contributed by atoms with Gasteiger partial charge in [-0.2, -0.15) is 0 Å². The molecule has 0 fully saturated rings. The largest absolute Gasteiger partial charge is 0.350 e. The monoisotopic (exact) mass is 219 g/mol. The lowest BCUT2D eigenvalue weighted by Gasteiger charge is -2.03. The summed E-state index contributed by atoms with van der Waals surface area (Å²) >= 11 is 0. The van der Waals surface area contributed by atoms with Gasteiger partial charge in [-0.1, -0.05) is 0 Å². The smallest absolute Gasteiger partial charge is 0.141 e. The van der Waals surface area contributed by atoms with Crippen LogP contribution >= 0.6 is 0 Å². The molecule has 0 aliphatic rings. The molecule has 3 nitrogen and oxygen atoms in total. The maximum atomic E-state index is 12.9. The maximum Gasteiger partial charge on any atom is 0.141 e. The molecule has 0 aliphatic carbocycles. The van der Waals surface area contributed by atoms with E-state index in [1.807, 2.05) is 30.0 Å². The number of rotatable bonds is 3. The second-order valence-corrected chi connectivity index (χ2v) is 3.92. The Morgan fingerprint density at radius 3 is 2.94 bits per heavy atom. The van der Waals surface area contributed by atoms with Crippen molar-refractivity contribution in [1.29, 1.82) is 0 Å². The molecular formula is C12H14FN3. The highest BCUT2D eigenvalue weighted by atomic mass is 19.1. The minimum absolute atomic E-state index is 0.0203. The van der Waals surface area contributed by atoms with Crippen molar-refractivity contribution >= 4 is 0 Å². The summed E-state index contributed by atoms with van der Waals surface area (Å²) in [6.07, 6.45) is 6.76. The van der Waals surface area contributed by atoms with Crippen molar-refractivity contribution in [2.45, 2.75) is 19.5 Å². The van der Waals surface area contributed by atoms with Crippen LogP contribution in [0.25, 0.3) is 0 Å². The molecule has 0 saturated heterocycles. The summed E-state index contributed by atoms with van der Waals surface area (Å²) in [6.45, 7) is 2.54. The van der Waals surface area contributed by atoms with Gasteiger partial charge in [0.2, 0.25) is 0 Å². The SMILES string of the molecule is CC(N)c1ccn(Cc2cncc(F)c2)c1. The van der Waals surface area contributed by atoms with Gasteiger partial charge in [-0.15, -0.1) is 0 Å². The Morgan fingerprint density at radius 1 is 1.50 bits per heavy atom. The Bertz CT molecular complexity index is 477. The van der Waals surface area contributed by atoms with Crippen molar-refractivity contribution in [2.75, 3.05) is 0 Å². The van der Waals surface area contributed by atoms with Crippen LogP contribution < -0.4 is 5.73 Å². The van der Waals surface area contributed by atoms with Crippen molar-refractivity contribution in [3.8, 4) is 0 Å². The van der Waals surface area contributed by atoms with E-state index in [9.17, 15) is 4.39 Å². The molecule has 0 amide bonds. The molecule has 4 heteroatoms. The van der Waals surface area contributed by atoms with Crippen molar-refractivity contribution in [3.63, 3.8) is 0 Å². The Balaban J connectivity index is 2.14. The highest BCUT2D eigenvalue weighted by Crippen LogP contribution is 2.11. The predicted molar refractivity (Wildman–Crippen MR) is 60.3 cm³/mol. The van der Waals surface area contributed by atoms with E-state index in [0.29, 0.717) is 6.54 Å². The summed E-state index contributed by atoms with van der Waals surface area (Å²) in [6, 6.07) is 3.47. The van der Waals surface area contributed by atoms with Crippen LogP contribution in [-0.2, 0) is 6.54 Å². The van der Waals surface area contributed by atoms with Crippen LogP contribution in [-0.4, -0.2) is 9.55 Å². The minimum Gasteiger partial charge on any atom is -0.350 e. The highest BCUT2D eigenvalue weighted by molar-refractivity contribution is 5.17. The van der Waals surface area contributed by atoms with E-state index < -0.39 is 0 Å². The summed E-state index contributed by atoms with van der Waals surface area (Å²) < 4.78 is 14.9. The van der Waals surface area contributed by atoms with Crippen molar-refractivity contribution in [3.05, 3.63) is 53.9 Å². The average molecular weight is 219 g/mol. The lowest BCUT2D eigenvalue weighted by atomic mass is 10.2.